The minimum atomic E-state index is -0.653. The van der Waals surface area contributed by atoms with Crippen LogP contribution in [0.2, 0.25) is 10.0 Å². The van der Waals surface area contributed by atoms with E-state index in [1.165, 1.54) is 19.2 Å². The minimum Gasteiger partial charge on any atom is -0.325 e. The van der Waals surface area contributed by atoms with E-state index in [4.69, 9.17) is 29.0 Å². The summed E-state index contributed by atoms with van der Waals surface area (Å²) in [4.78, 5) is 3.77. The average molecular weight is 251 g/mol. The fourth-order valence-electron chi connectivity index (χ4n) is 0.921. The molecule has 0 aliphatic heterocycles. The Bertz CT molecular complexity index is 371. The van der Waals surface area contributed by atoms with Gasteiger partial charge in [-0.1, -0.05) is 23.2 Å². The Kier molecular flexibility index (Phi) is 4.14. The van der Waals surface area contributed by atoms with Gasteiger partial charge in [-0.15, -0.1) is 0 Å². The number of hydrazine groups is 1. The van der Waals surface area contributed by atoms with Gasteiger partial charge in [-0.05, 0) is 12.1 Å². The first-order valence-corrected chi connectivity index (χ1v) is 4.69. The first-order chi connectivity index (χ1) is 7.08. The number of hydrogen-bond donors (Lipinski definition) is 3. The van der Waals surface area contributed by atoms with E-state index in [0.717, 1.165) is 0 Å². The standard InChI is InChI=1S/C8H9Cl2FN4/c1-13-8(15-12)14-4-2-5(9)7(11)6(10)3-4/h2-3H,12H2,1H3,(H2,13,14,15). The minimum absolute atomic E-state index is 0.0718. The van der Waals surface area contributed by atoms with Crippen molar-refractivity contribution in [3.8, 4) is 0 Å². The van der Waals surface area contributed by atoms with E-state index in [9.17, 15) is 4.39 Å². The summed E-state index contributed by atoms with van der Waals surface area (Å²) in [5.41, 5.74) is 2.80. The highest BCUT2D eigenvalue weighted by atomic mass is 35.5. The zero-order chi connectivity index (χ0) is 11.4. The Balaban J connectivity index is 2.97. The van der Waals surface area contributed by atoms with Gasteiger partial charge < -0.3 is 5.32 Å². The third-order valence-corrected chi connectivity index (χ3v) is 2.16. The van der Waals surface area contributed by atoms with E-state index < -0.39 is 5.82 Å². The highest BCUT2D eigenvalue weighted by Gasteiger charge is 2.08. The van der Waals surface area contributed by atoms with Gasteiger partial charge in [0.25, 0.3) is 0 Å². The van der Waals surface area contributed by atoms with Gasteiger partial charge in [-0.3, -0.25) is 10.4 Å². The molecule has 15 heavy (non-hydrogen) atoms. The van der Waals surface area contributed by atoms with Crippen LogP contribution in [-0.2, 0) is 0 Å². The van der Waals surface area contributed by atoms with Crippen molar-refractivity contribution in [2.45, 2.75) is 0 Å². The van der Waals surface area contributed by atoms with Crippen molar-refractivity contribution in [1.29, 1.82) is 0 Å². The van der Waals surface area contributed by atoms with Crippen molar-refractivity contribution in [2.24, 2.45) is 10.8 Å². The van der Waals surface area contributed by atoms with Crippen LogP contribution in [0, 0.1) is 5.82 Å². The Hall–Kier alpha value is -1.04. The summed E-state index contributed by atoms with van der Waals surface area (Å²) in [7, 11) is 1.54. The van der Waals surface area contributed by atoms with Crippen LogP contribution in [0.5, 0.6) is 0 Å². The third kappa shape index (κ3) is 2.95. The van der Waals surface area contributed by atoms with Crippen molar-refractivity contribution in [3.63, 3.8) is 0 Å². The van der Waals surface area contributed by atoms with E-state index in [1.807, 2.05) is 0 Å². The molecule has 0 amide bonds. The summed E-state index contributed by atoms with van der Waals surface area (Å²) in [6, 6.07) is 2.76. The molecule has 0 saturated heterocycles. The fourth-order valence-corrected chi connectivity index (χ4v) is 1.41. The molecular formula is C8H9Cl2FN4. The maximum atomic E-state index is 13.0. The molecule has 0 heterocycles. The first kappa shape index (κ1) is 12.0. The molecule has 0 fully saturated rings. The molecule has 7 heteroatoms. The molecule has 0 aromatic heterocycles. The zero-order valence-corrected chi connectivity index (χ0v) is 9.33. The SMILES string of the molecule is CN=C(NN)Nc1cc(Cl)c(F)c(Cl)c1. The van der Waals surface area contributed by atoms with Gasteiger partial charge in [0.15, 0.2) is 5.82 Å². The molecule has 1 aromatic rings. The maximum absolute atomic E-state index is 13.0. The van der Waals surface area contributed by atoms with Crippen molar-refractivity contribution in [1.82, 2.24) is 5.43 Å². The summed E-state index contributed by atoms with van der Waals surface area (Å²) in [6.45, 7) is 0. The number of nitrogens with zero attached hydrogens (tertiary/aromatic N) is 1. The summed E-state index contributed by atoms with van der Waals surface area (Å²) >= 11 is 11.2. The fraction of sp³-hybridized carbons (Fsp3) is 0.125. The van der Waals surface area contributed by atoms with Gasteiger partial charge in [0, 0.05) is 12.7 Å². The number of aliphatic imine (C=N–C) groups is 1. The summed E-state index contributed by atoms with van der Waals surface area (Å²) in [5, 5.41) is 2.62. The number of hydrogen-bond acceptors (Lipinski definition) is 2. The lowest BCUT2D eigenvalue weighted by atomic mass is 10.3. The predicted octanol–water partition coefficient (Wildman–Crippen LogP) is 1.99. The molecule has 0 aliphatic carbocycles. The number of nitrogens with two attached hydrogens (primary N) is 1. The lowest BCUT2D eigenvalue weighted by molar-refractivity contribution is 0.629. The average Bonchev–Trinajstić information content (AvgIpc) is 2.22. The smallest absolute Gasteiger partial charge is 0.209 e. The second-order valence-corrected chi connectivity index (χ2v) is 3.41. The third-order valence-electron chi connectivity index (χ3n) is 1.61. The number of rotatable bonds is 1. The van der Waals surface area contributed by atoms with Crippen LogP contribution in [0.4, 0.5) is 10.1 Å². The summed E-state index contributed by atoms with van der Waals surface area (Å²) in [6.07, 6.45) is 0. The quantitative estimate of drug-likeness (QED) is 0.235. The molecule has 0 unspecified atom stereocenters. The molecule has 4 nitrogen and oxygen atoms in total. The van der Waals surface area contributed by atoms with Crippen molar-refractivity contribution in [3.05, 3.63) is 28.0 Å². The highest BCUT2D eigenvalue weighted by Crippen LogP contribution is 2.27. The Morgan fingerprint density at radius 3 is 2.33 bits per heavy atom. The molecule has 1 rings (SSSR count). The molecule has 82 valence electrons. The highest BCUT2D eigenvalue weighted by molar-refractivity contribution is 6.35. The largest absolute Gasteiger partial charge is 0.325 e. The Morgan fingerprint density at radius 2 is 1.93 bits per heavy atom. The number of halogens is 3. The Labute approximate surface area is 96.2 Å². The zero-order valence-electron chi connectivity index (χ0n) is 7.81. The second kappa shape index (κ2) is 5.16. The monoisotopic (exact) mass is 250 g/mol. The van der Waals surface area contributed by atoms with Gasteiger partial charge in [0.05, 0.1) is 10.0 Å². The van der Waals surface area contributed by atoms with Gasteiger partial charge in [-0.2, -0.15) is 0 Å². The van der Waals surface area contributed by atoms with Gasteiger partial charge >= 0.3 is 0 Å². The number of guanidine groups is 1. The Morgan fingerprint density at radius 1 is 1.40 bits per heavy atom. The molecule has 1 aromatic carbocycles. The lowest BCUT2D eigenvalue weighted by Crippen LogP contribution is -2.36. The lowest BCUT2D eigenvalue weighted by Gasteiger charge is -2.09. The number of anilines is 1. The normalized spacial score (nSPS) is 11.4. The van der Waals surface area contributed by atoms with Crippen LogP contribution >= 0.6 is 23.2 Å². The molecule has 0 radical (unpaired) electrons. The molecule has 0 atom stereocenters. The number of benzene rings is 1. The summed E-state index contributed by atoms with van der Waals surface area (Å²) < 4.78 is 13.0. The van der Waals surface area contributed by atoms with Crippen LogP contribution in [-0.4, -0.2) is 13.0 Å². The molecule has 0 bridgehead atoms. The van der Waals surface area contributed by atoms with Gasteiger partial charge in [-0.25, -0.2) is 10.2 Å². The van der Waals surface area contributed by atoms with E-state index in [0.29, 0.717) is 11.6 Å². The topological polar surface area (TPSA) is 62.4 Å². The van der Waals surface area contributed by atoms with Gasteiger partial charge in [0.1, 0.15) is 0 Å². The molecule has 0 spiro atoms. The first-order valence-electron chi connectivity index (χ1n) is 3.93. The predicted molar refractivity (Wildman–Crippen MR) is 60.7 cm³/mol. The van der Waals surface area contributed by atoms with E-state index in [2.05, 4.69) is 15.7 Å². The van der Waals surface area contributed by atoms with Crippen LogP contribution in [0.25, 0.3) is 0 Å². The molecular weight excluding hydrogens is 242 g/mol. The van der Waals surface area contributed by atoms with E-state index in [1.54, 1.807) is 0 Å². The van der Waals surface area contributed by atoms with Crippen molar-refractivity contribution in [2.75, 3.05) is 12.4 Å². The van der Waals surface area contributed by atoms with E-state index >= 15 is 0 Å². The second-order valence-electron chi connectivity index (χ2n) is 2.60. The van der Waals surface area contributed by atoms with Crippen molar-refractivity contribution >= 4 is 34.8 Å². The number of nitrogens with one attached hydrogen (secondary N) is 2. The van der Waals surface area contributed by atoms with Crippen LogP contribution in [0.1, 0.15) is 0 Å². The van der Waals surface area contributed by atoms with Gasteiger partial charge in [0.2, 0.25) is 5.96 Å². The molecule has 0 aliphatic rings. The van der Waals surface area contributed by atoms with Crippen molar-refractivity contribution < 1.29 is 4.39 Å². The maximum Gasteiger partial charge on any atom is 0.209 e. The van der Waals surface area contributed by atoms with Crippen LogP contribution < -0.4 is 16.6 Å². The van der Waals surface area contributed by atoms with Crippen LogP contribution in [0.15, 0.2) is 17.1 Å². The molecule has 0 saturated carbocycles. The van der Waals surface area contributed by atoms with E-state index in [-0.39, 0.29) is 10.0 Å². The van der Waals surface area contributed by atoms with Crippen LogP contribution in [0.3, 0.4) is 0 Å². The molecule has 4 N–H and O–H groups in total. The summed E-state index contributed by atoms with van der Waals surface area (Å²) in [5.74, 6) is 4.81.